The molecule has 6 amide bonds. The average molecular weight is 1290 g/mol. The molecule has 2 aromatic carbocycles. The fourth-order valence-electron chi connectivity index (χ4n) is 9.48. The smallest absolute Gasteiger partial charge is 0.328 e. The van der Waals surface area contributed by atoms with E-state index in [-0.39, 0.29) is 128 Å². The third kappa shape index (κ3) is 25.5. The van der Waals surface area contributed by atoms with Crippen LogP contribution in [0.25, 0.3) is 0 Å². The van der Waals surface area contributed by atoms with Gasteiger partial charge in [-0.1, -0.05) is 30.3 Å². The number of benzene rings is 1. The number of aromatic nitrogens is 2. The maximum absolute atomic E-state index is 13.8. The molecule has 0 bridgehead atoms. The summed E-state index contributed by atoms with van der Waals surface area (Å²) in [5.41, 5.74) is -1.32. The van der Waals surface area contributed by atoms with Gasteiger partial charge in [-0.05, 0) is 31.7 Å². The first-order valence-corrected chi connectivity index (χ1v) is 28.8. The molecule has 1 unspecified atom stereocenters. The van der Waals surface area contributed by atoms with Crippen LogP contribution in [0.2, 0.25) is 0 Å². The Morgan fingerprint density at radius 3 is 1.46 bits per heavy atom. The highest BCUT2D eigenvalue weighted by Crippen LogP contribution is 2.17. The summed E-state index contributed by atoms with van der Waals surface area (Å²) in [5, 5.41) is 96.9. The van der Waals surface area contributed by atoms with Crippen molar-refractivity contribution in [3.8, 4) is 0 Å². The van der Waals surface area contributed by atoms with Crippen LogP contribution in [0.5, 0.6) is 0 Å². The number of imidazole rings is 1. The van der Waals surface area contributed by atoms with Crippen molar-refractivity contribution in [2.75, 3.05) is 109 Å². The van der Waals surface area contributed by atoms with Crippen LogP contribution in [-0.4, -0.2) is 282 Å². The number of rotatable bonds is 38. The van der Waals surface area contributed by atoms with Crippen LogP contribution >= 0.6 is 0 Å². The number of nitrogens with one attached hydrogen (secondary N) is 9. The number of carbonyl (C=O) groups is 12. The minimum Gasteiger partial charge on any atom is -0.481 e. The molecule has 1 saturated heterocycles. The normalized spacial score (nSPS) is 16.1. The molecule has 1 aliphatic heterocycles. The largest absolute Gasteiger partial charge is 0.481 e. The zero-order valence-corrected chi connectivity index (χ0v) is 49.7. The van der Waals surface area contributed by atoms with Crippen LogP contribution in [-0.2, 0) is 70.4 Å². The van der Waals surface area contributed by atoms with E-state index in [2.05, 4.69) is 52.5 Å². The van der Waals surface area contributed by atoms with Gasteiger partial charge in [0.1, 0.15) is 53.7 Å². The number of anilines is 2. The van der Waals surface area contributed by atoms with E-state index in [1.807, 2.05) is 0 Å². The molecule has 1 aliphatic rings. The Kier molecular flexibility index (Phi) is 30.5. The van der Waals surface area contributed by atoms with Gasteiger partial charge in [0.2, 0.25) is 35.4 Å². The number of nitrogens with zero attached hydrogens (tertiary/aromatic N) is 5. The minimum absolute atomic E-state index is 0.0101. The van der Waals surface area contributed by atoms with E-state index in [0.717, 1.165) is 6.92 Å². The zero-order valence-electron chi connectivity index (χ0n) is 49.7. The van der Waals surface area contributed by atoms with E-state index in [4.69, 9.17) is 0 Å². The Hall–Kier alpha value is -9.49. The highest BCUT2D eigenvalue weighted by atomic mass is 16.4. The Labute approximate surface area is 518 Å². The Balaban J connectivity index is 1.33. The summed E-state index contributed by atoms with van der Waals surface area (Å²) in [5.74, 6) is -14.1. The second-order valence-electron chi connectivity index (χ2n) is 21.3. The van der Waals surface area contributed by atoms with Crippen molar-refractivity contribution in [2.45, 2.75) is 94.2 Å². The van der Waals surface area contributed by atoms with Crippen molar-refractivity contribution < 1.29 is 98.4 Å². The average Bonchev–Trinajstić information content (AvgIpc) is 1.10. The second-order valence-corrected chi connectivity index (χ2v) is 21.3. The third-order valence-corrected chi connectivity index (χ3v) is 14.3. The molecule has 17 N–H and O–H groups in total. The third-order valence-electron chi connectivity index (χ3n) is 14.3. The molecule has 2 heterocycles. The molecule has 36 nitrogen and oxygen atoms in total. The fraction of sp³-hybridized carbons (Fsp3) is 0.545. The quantitative estimate of drug-likeness (QED) is 0.0187. The number of carbonyl (C=O) groups excluding carboxylic acids is 6. The predicted molar refractivity (Wildman–Crippen MR) is 316 cm³/mol. The molecule has 0 saturated carbocycles. The van der Waals surface area contributed by atoms with Gasteiger partial charge < -0.3 is 88.4 Å². The molecular formula is C55H78N14O22. The number of aliphatic hydroxyl groups is 2. The van der Waals surface area contributed by atoms with E-state index in [9.17, 15) is 108 Å². The van der Waals surface area contributed by atoms with Crippen molar-refractivity contribution >= 4 is 82.6 Å². The van der Waals surface area contributed by atoms with Crippen LogP contribution in [0, 0.1) is 0 Å². The van der Waals surface area contributed by atoms with Crippen molar-refractivity contribution in [1.82, 2.24) is 61.5 Å². The van der Waals surface area contributed by atoms with Gasteiger partial charge in [0, 0.05) is 90.9 Å². The molecule has 3 aromatic rings. The summed E-state index contributed by atoms with van der Waals surface area (Å²) in [6.07, 6.45) is 0.799. The molecule has 500 valence electrons. The van der Waals surface area contributed by atoms with Crippen molar-refractivity contribution in [1.29, 1.82) is 0 Å². The van der Waals surface area contributed by atoms with E-state index >= 15 is 0 Å². The lowest BCUT2D eigenvalue weighted by molar-refractivity contribution is -0.145. The number of hydrogen-bond acceptors (Lipinski definition) is 23. The first kappa shape index (κ1) is 74.0. The van der Waals surface area contributed by atoms with E-state index in [1.165, 1.54) is 12.5 Å². The number of carboxylic acids is 6. The first-order chi connectivity index (χ1) is 43.2. The van der Waals surface area contributed by atoms with Gasteiger partial charge in [-0.25, -0.2) is 9.78 Å². The van der Waals surface area contributed by atoms with Gasteiger partial charge in [-0.3, -0.25) is 81.9 Å². The summed E-state index contributed by atoms with van der Waals surface area (Å²) in [7, 11) is 0. The van der Waals surface area contributed by atoms with E-state index in [1.54, 1.807) is 49.9 Å². The lowest BCUT2D eigenvalue weighted by Crippen LogP contribution is -2.60. The van der Waals surface area contributed by atoms with Gasteiger partial charge in [-0.15, -0.1) is 0 Å². The van der Waals surface area contributed by atoms with Crippen LogP contribution < -0.4 is 53.4 Å². The molecular weight excluding hydrogens is 1210 g/mol. The molecule has 1 fully saturated rings. The van der Waals surface area contributed by atoms with Crippen LogP contribution in [0.1, 0.15) is 50.3 Å². The summed E-state index contributed by atoms with van der Waals surface area (Å²) in [4.78, 5) is 190. The Morgan fingerprint density at radius 2 is 0.989 bits per heavy atom. The summed E-state index contributed by atoms with van der Waals surface area (Å²) in [6.45, 7) is -1.51. The molecule has 0 radical (unpaired) electrons. The summed E-state index contributed by atoms with van der Waals surface area (Å²) < 4.78 is 0. The zero-order chi connectivity index (χ0) is 67.3. The molecule has 4 rings (SSSR count). The van der Waals surface area contributed by atoms with Crippen LogP contribution in [0.15, 0.2) is 52.4 Å². The molecule has 91 heavy (non-hydrogen) atoms. The maximum atomic E-state index is 13.8. The standard InChI is InChI=1S/C55H78N14O22/c1-31(49(83)62-35(22-33-24-56-30-59-33)52(86)64-37(28-70)53(87)63-34(21-32-7-3-2-4-8-32)51(85)65-38(29-71)54(88)89)60-50(84)36(23-41(73)74)61-40(72)10-6-12-58-46-45(47(81)48(46)82)57-11-5-9-39(55(90)91)69-19-17-67(26-43(77)78)15-13-66(25-42(75)76)14-16-68(18-20-69)27-44(79)80/h2-4,7-8,24,30-31,34-39,57-58,70-71H,5-6,9-23,25-29H2,1H3,(H,56,59)(H,60,84)(H,61,72)(H,62,83)(H,63,87)(H,64,86)(H,65,85)(H,73,74)(H,75,76)(H,77,78)(H,79,80)(H,88,89)(H,90,91)/t31-,34-,35-,36-,37-,38-,39?/m0/s1. The minimum atomic E-state index is -1.79. The number of aliphatic carboxylic acids is 6. The predicted octanol–water partition coefficient (Wildman–Crippen LogP) is -6.72. The lowest BCUT2D eigenvalue weighted by Gasteiger charge is -2.35. The number of hydrogen-bond donors (Lipinski definition) is 17. The van der Waals surface area contributed by atoms with Gasteiger partial charge in [0.25, 0.3) is 10.9 Å². The number of aliphatic hydroxyl groups excluding tert-OH is 2. The second kappa shape index (κ2) is 37.5. The maximum Gasteiger partial charge on any atom is 0.328 e. The van der Waals surface area contributed by atoms with E-state index < -0.39 is 157 Å². The van der Waals surface area contributed by atoms with Gasteiger partial charge in [0.05, 0.1) is 51.3 Å². The van der Waals surface area contributed by atoms with E-state index in [0.29, 0.717) is 5.56 Å². The summed E-state index contributed by atoms with van der Waals surface area (Å²) >= 11 is 0. The fourth-order valence-corrected chi connectivity index (χ4v) is 9.48. The topological polar surface area (TPSA) is 539 Å². The number of amides is 6. The molecule has 1 aromatic heterocycles. The highest BCUT2D eigenvalue weighted by molar-refractivity contribution is 5.97. The van der Waals surface area contributed by atoms with Gasteiger partial charge in [-0.2, -0.15) is 0 Å². The SMILES string of the molecule is C[C@H](NC(=O)[C@H](CC(=O)O)NC(=O)CCCNc1c(NCCCC(C(=O)O)N2CCN(CC(=O)O)CCN(CC(=O)O)CCN(CC(=O)O)CC2)c(=O)c1=O)C(=O)N[C@@H](Cc1c[nH]cn1)C(=O)N[C@@H](CO)C(=O)N[C@@H](Cc1ccccc1)C(=O)N[C@@H](CO)C(=O)O. The van der Waals surface area contributed by atoms with Crippen molar-refractivity contribution in [3.63, 3.8) is 0 Å². The number of carboxylic acid groups (broad SMARTS) is 6. The Bertz CT molecular complexity index is 3020. The molecule has 0 aliphatic carbocycles. The molecule has 0 spiro atoms. The number of H-pyrrole nitrogens is 1. The molecule has 7 atom stereocenters. The molecule has 36 heteroatoms. The Morgan fingerprint density at radius 1 is 0.527 bits per heavy atom. The van der Waals surface area contributed by atoms with Crippen LogP contribution in [0.3, 0.4) is 0 Å². The van der Waals surface area contributed by atoms with Crippen molar-refractivity contribution in [2.24, 2.45) is 0 Å². The highest BCUT2D eigenvalue weighted by Gasteiger charge is 2.34. The monoisotopic (exact) mass is 1290 g/mol. The van der Waals surface area contributed by atoms with Crippen molar-refractivity contribution in [3.05, 3.63) is 74.6 Å². The summed E-state index contributed by atoms with van der Waals surface area (Å²) in [6, 6.07) is -2.94. The van der Waals surface area contributed by atoms with Gasteiger partial charge >= 0.3 is 35.8 Å². The first-order valence-electron chi connectivity index (χ1n) is 28.8. The van der Waals surface area contributed by atoms with Crippen LogP contribution in [0.4, 0.5) is 11.4 Å². The lowest BCUT2D eigenvalue weighted by atomic mass is 10.0. The van der Waals surface area contributed by atoms with Gasteiger partial charge in [0.15, 0.2) is 0 Å². The number of aromatic amines is 1.